The zero-order chi connectivity index (χ0) is 16.9. The molecule has 1 aromatic heterocycles. The van der Waals surface area contributed by atoms with Crippen LogP contribution in [-0.4, -0.2) is 41.9 Å². The van der Waals surface area contributed by atoms with Crippen molar-refractivity contribution in [1.82, 2.24) is 14.7 Å². The number of hydrogen-bond donors (Lipinski definition) is 0. The standard InChI is InChI=1S/C19H22ClN3O.ClH/c1-22(2)11-6-12-24-19-17-9-3-4-10-18(17)23(21-19)14-15-7-5-8-16(20)13-15;/h3-5,7-10,13H,6,11-12,14H2,1-2H3;1H. The number of hydrogen-bond acceptors (Lipinski definition) is 3. The summed E-state index contributed by atoms with van der Waals surface area (Å²) in [5, 5.41) is 6.45. The summed E-state index contributed by atoms with van der Waals surface area (Å²) in [5.74, 6) is 0.700. The fourth-order valence-electron chi connectivity index (χ4n) is 2.68. The van der Waals surface area contributed by atoms with Crippen LogP contribution in [0.25, 0.3) is 10.9 Å². The van der Waals surface area contributed by atoms with E-state index in [4.69, 9.17) is 16.3 Å². The Morgan fingerprint density at radius 3 is 2.68 bits per heavy atom. The third-order valence-electron chi connectivity index (χ3n) is 3.83. The zero-order valence-corrected chi connectivity index (χ0v) is 16.1. The highest BCUT2D eigenvalue weighted by Gasteiger charge is 2.11. The first kappa shape index (κ1) is 19.6. The van der Waals surface area contributed by atoms with Crippen LogP contribution >= 0.6 is 24.0 Å². The molecule has 4 nitrogen and oxygen atoms in total. The van der Waals surface area contributed by atoms with Crippen molar-refractivity contribution in [3.63, 3.8) is 0 Å². The second-order valence-corrected chi connectivity index (χ2v) is 6.55. The molecule has 0 atom stereocenters. The van der Waals surface area contributed by atoms with Gasteiger partial charge < -0.3 is 9.64 Å². The molecule has 3 rings (SSSR count). The molecule has 0 saturated heterocycles. The zero-order valence-electron chi connectivity index (χ0n) is 14.5. The quantitative estimate of drug-likeness (QED) is 0.566. The Morgan fingerprint density at radius 1 is 1.12 bits per heavy atom. The van der Waals surface area contributed by atoms with Crippen LogP contribution in [-0.2, 0) is 6.54 Å². The van der Waals surface area contributed by atoms with E-state index in [0.717, 1.165) is 34.5 Å². The summed E-state index contributed by atoms with van der Waals surface area (Å²) in [6.07, 6.45) is 0.975. The number of ether oxygens (including phenoxy) is 1. The van der Waals surface area contributed by atoms with E-state index >= 15 is 0 Å². The van der Waals surface area contributed by atoms with Gasteiger partial charge in [-0.05, 0) is 50.3 Å². The predicted molar refractivity (Wildman–Crippen MR) is 106 cm³/mol. The Balaban J connectivity index is 0.00000225. The Hall–Kier alpha value is -1.75. The molecule has 3 aromatic rings. The molecule has 2 aromatic carbocycles. The number of para-hydroxylation sites is 1. The van der Waals surface area contributed by atoms with Gasteiger partial charge in [-0.15, -0.1) is 17.5 Å². The van der Waals surface area contributed by atoms with Gasteiger partial charge >= 0.3 is 0 Å². The van der Waals surface area contributed by atoms with Gasteiger partial charge in [0.2, 0.25) is 5.88 Å². The van der Waals surface area contributed by atoms with Gasteiger partial charge in [0.25, 0.3) is 0 Å². The van der Waals surface area contributed by atoms with Crippen molar-refractivity contribution in [3.8, 4) is 5.88 Å². The molecule has 0 aliphatic carbocycles. The van der Waals surface area contributed by atoms with Crippen molar-refractivity contribution in [2.45, 2.75) is 13.0 Å². The van der Waals surface area contributed by atoms with Crippen molar-refractivity contribution >= 4 is 34.9 Å². The summed E-state index contributed by atoms with van der Waals surface area (Å²) in [7, 11) is 4.13. The van der Waals surface area contributed by atoms with Crippen molar-refractivity contribution in [2.24, 2.45) is 0 Å². The van der Waals surface area contributed by atoms with E-state index in [0.29, 0.717) is 19.0 Å². The molecular weight excluding hydrogens is 357 g/mol. The van der Waals surface area contributed by atoms with Crippen LogP contribution in [0.3, 0.4) is 0 Å². The van der Waals surface area contributed by atoms with Crippen LogP contribution in [0.4, 0.5) is 0 Å². The highest BCUT2D eigenvalue weighted by molar-refractivity contribution is 6.30. The molecule has 0 fully saturated rings. The number of rotatable bonds is 7. The van der Waals surface area contributed by atoms with Gasteiger partial charge in [0, 0.05) is 11.6 Å². The molecule has 0 N–H and O–H groups in total. The summed E-state index contributed by atoms with van der Waals surface area (Å²) in [5.41, 5.74) is 2.19. The van der Waals surface area contributed by atoms with Gasteiger partial charge in [-0.2, -0.15) is 0 Å². The van der Waals surface area contributed by atoms with E-state index in [9.17, 15) is 0 Å². The van der Waals surface area contributed by atoms with Crippen molar-refractivity contribution in [3.05, 3.63) is 59.1 Å². The van der Waals surface area contributed by atoms with Crippen LogP contribution in [0.1, 0.15) is 12.0 Å². The second kappa shape index (κ2) is 9.09. The van der Waals surface area contributed by atoms with E-state index in [1.54, 1.807) is 0 Å². The monoisotopic (exact) mass is 379 g/mol. The lowest BCUT2D eigenvalue weighted by Crippen LogP contribution is -2.15. The Bertz CT molecular complexity index is 817. The highest BCUT2D eigenvalue weighted by atomic mass is 35.5. The fraction of sp³-hybridized carbons (Fsp3) is 0.316. The summed E-state index contributed by atoms with van der Waals surface area (Å²) >= 11 is 6.09. The number of aromatic nitrogens is 2. The minimum absolute atomic E-state index is 0. The molecule has 0 bridgehead atoms. The minimum Gasteiger partial charge on any atom is -0.476 e. The first-order valence-electron chi connectivity index (χ1n) is 8.11. The molecule has 1 heterocycles. The minimum atomic E-state index is 0. The van der Waals surface area contributed by atoms with Gasteiger partial charge in [0.05, 0.1) is 24.1 Å². The number of halogens is 2. The van der Waals surface area contributed by atoms with Gasteiger partial charge in [-0.1, -0.05) is 35.9 Å². The van der Waals surface area contributed by atoms with Crippen molar-refractivity contribution in [1.29, 1.82) is 0 Å². The lowest BCUT2D eigenvalue weighted by Gasteiger charge is -2.09. The van der Waals surface area contributed by atoms with E-state index in [-0.39, 0.29) is 12.4 Å². The number of fused-ring (bicyclic) bond motifs is 1. The SMILES string of the molecule is CN(C)CCCOc1nn(Cc2cccc(Cl)c2)c2ccccc12.Cl. The predicted octanol–water partition coefficient (Wildman–Crippen LogP) is 4.49. The lowest BCUT2D eigenvalue weighted by molar-refractivity contribution is 0.273. The molecule has 134 valence electrons. The number of benzene rings is 2. The molecule has 0 unspecified atom stereocenters. The van der Waals surface area contributed by atoms with Crippen LogP contribution in [0.15, 0.2) is 48.5 Å². The van der Waals surface area contributed by atoms with Gasteiger partial charge in [0.1, 0.15) is 0 Å². The van der Waals surface area contributed by atoms with Gasteiger partial charge in [-0.25, -0.2) is 0 Å². The summed E-state index contributed by atoms with van der Waals surface area (Å²) < 4.78 is 7.90. The molecular formula is C19H23Cl2N3O. The third kappa shape index (κ3) is 5.11. The molecule has 0 saturated carbocycles. The second-order valence-electron chi connectivity index (χ2n) is 6.12. The van der Waals surface area contributed by atoms with Crippen molar-refractivity contribution < 1.29 is 4.74 Å². The Kier molecular flexibility index (Phi) is 7.12. The maximum absolute atomic E-state index is 6.09. The highest BCUT2D eigenvalue weighted by Crippen LogP contribution is 2.26. The van der Waals surface area contributed by atoms with E-state index in [1.807, 2.05) is 35.0 Å². The molecule has 0 amide bonds. The fourth-order valence-corrected chi connectivity index (χ4v) is 2.89. The van der Waals surface area contributed by atoms with Gasteiger partial charge in [0.15, 0.2) is 0 Å². The molecule has 0 aliphatic heterocycles. The largest absolute Gasteiger partial charge is 0.476 e. The Labute approximate surface area is 159 Å². The van der Waals surface area contributed by atoms with E-state index in [1.165, 1.54) is 0 Å². The molecule has 25 heavy (non-hydrogen) atoms. The van der Waals surface area contributed by atoms with Crippen LogP contribution in [0, 0.1) is 0 Å². The first-order chi connectivity index (χ1) is 11.6. The summed E-state index contributed by atoms with van der Waals surface area (Å²) in [6.45, 7) is 2.33. The van der Waals surface area contributed by atoms with Crippen LogP contribution in [0.5, 0.6) is 5.88 Å². The summed E-state index contributed by atoms with van der Waals surface area (Å²) in [4.78, 5) is 2.15. The number of nitrogens with zero attached hydrogens (tertiary/aromatic N) is 3. The summed E-state index contributed by atoms with van der Waals surface area (Å²) in [6, 6.07) is 16.0. The average Bonchev–Trinajstić information content (AvgIpc) is 2.90. The molecule has 0 radical (unpaired) electrons. The maximum atomic E-state index is 6.09. The van der Waals surface area contributed by atoms with Crippen molar-refractivity contribution in [2.75, 3.05) is 27.2 Å². The topological polar surface area (TPSA) is 30.3 Å². The van der Waals surface area contributed by atoms with Crippen LogP contribution < -0.4 is 4.74 Å². The van der Waals surface area contributed by atoms with Crippen LogP contribution in [0.2, 0.25) is 5.02 Å². The smallest absolute Gasteiger partial charge is 0.240 e. The average molecular weight is 380 g/mol. The first-order valence-corrected chi connectivity index (χ1v) is 8.49. The molecule has 6 heteroatoms. The van der Waals surface area contributed by atoms with E-state index in [2.05, 4.69) is 42.3 Å². The van der Waals surface area contributed by atoms with Gasteiger partial charge in [-0.3, -0.25) is 4.68 Å². The molecule has 0 spiro atoms. The maximum Gasteiger partial charge on any atom is 0.240 e. The molecule has 0 aliphatic rings. The normalized spacial score (nSPS) is 10.9. The third-order valence-corrected chi connectivity index (χ3v) is 4.07. The van der Waals surface area contributed by atoms with E-state index < -0.39 is 0 Å². The lowest BCUT2D eigenvalue weighted by atomic mass is 10.2. The Morgan fingerprint density at radius 2 is 1.92 bits per heavy atom.